The van der Waals surface area contributed by atoms with Crippen LogP contribution in [-0.4, -0.2) is 31.8 Å². The highest BCUT2D eigenvalue weighted by atomic mass is 35.5. The van der Waals surface area contributed by atoms with E-state index in [0.717, 1.165) is 0 Å². The Labute approximate surface area is 172 Å². The van der Waals surface area contributed by atoms with E-state index in [4.69, 9.17) is 39.5 Å². The minimum Gasteiger partial charge on any atom is -0.426 e. The summed E-state index contributed by atoms with van der Waals surface area (Å²) < 4.78 is 32.4. The molecule has 0 atom stereocenters. The van der Waals surface area contributed by atoms with Crippen molar-refractivity contribution >= 4 is 50.8 Å². The van der Waals surface area contributed by atoms with Gasteiger partial charge in [0.2, 0.25) is 10.0 Å². The first-order valence-electron chi connectivity index (χ1n) is 8.20. The molecule has 5 nitrogen and oxygen atoms in total. The monoisotopic (exact) mass is 447 g/mol. The summed E-state index contributed by atoms with van der Waals surface area (Å²) in [7, 11) is -3.83. The van der Waals surface area contributed by atoms with Crippen LogP contribution in [0.1, 0.15) is 12.8 Å². The van der Waals surface area contributed by atoms with Crippen molar-refractivity contribution in [2.45, 2.75) is 17.7 Å². The number of nitrogens with zero attached hydrogens (tertiary/aromatic N) is 1. The Balaban J connectivity index is 1.66. The van der Waals surface area contributed by atoms with E-state index in [0.29, 0.717) is 23.6 Å². The lowest BCUT2D eigenvalue weighted by Crippen LogP contribution is -2.41. The number of sulfonamides is 1. The summed E-state index contributed by atoms with van der Waals surface area (Å²) >= 11 is 17.9. The summed E-state index contributed by atoms with van der Waals surface area (Å²) in [5, 5.41) is 0.699. The van der Waals surface area contributed by atoms with Crippen molar-refractivity contribution in [3.63, 3.8) is 0 Å². The lowest BCUT2D eigenvalue weighted by Gasteiger charge is -2.30. The van der Waals surface area contributed by atoms with Gasteiger partial charge in [0.1, 0.15) is 10.6 Å². The second-order valence-corrected chi connectivity index (χ2v) is 9.23. The molecule has 0 aliphatic carbocycles. The molecule has 0 amide bonds. The minimum absolute atomic E-state index is 0.0757. The number of rotatable bonds is 4. The van der Waals surface area contributed by atoms with Crippen LogP contribution in [0, 0.1) is 5.92 Å². The fourth-order valence-corrected chi connectivity index (χ4v) is 5.58. The van der Waals surface area contributed by atoms with Gasteiger partial charge in [0.05, 0.1) is 16.0 Å². The Morgan fingerprint density at radius 1 is 0.963 bits per heavy atom. The zero-order valence-electron chi connectivity index (χ0n) is 14.1. The van der Waals surface area contributed by atoms with Crippen LogP contribution >= 0.6 is 34.8 Å². The molecule has 0 N–H and O–H groups in total. The van der Waals surface area contributed by atoms with Crippen molar-refractivity contribution in [1.29, 1.82) is 0 Å². The predicted molar refractivity (Wildman–Crippen MR) is 105 cm³/mol. The molecule has 3 rings (SSSR count). The second kappa shape index (κ2) is 8.37. The number of halogens is 3. The van der Waals surface area contributed by atoms with Crippen LogP contribution in [0.25, 0.3) is 0 Å². The Bertz CT molecular complexity index is 919. The number of ether oxygens (including phenoxy) is 1. The van der Waals surface area contributed by atoms with Gasteiger partial charge in [-0.2, -0.15) is 4.31 Å². The number of carbonyl (C=O) groups is 1. The van der Waals surface area contributed by atoms with E-state index in [1.54, 1.807) is 30.3 Å². The third-order valence-corrected chi connectivity index (χ3v) is 7.44. The SMILES string of the molecule is O=C(Oc1ccc(Cl)cc1)C1CCN(S(=O)(=O)c2c(Cl)cccc2Cl)CC1. The van der Waals surface area contributed by atoms with Gasteiger partial charge in [-0.3, -0.25) is 4.79 Å². The smallest absolute Gasteiger partial charge is 0.314 e. The first-order valence-corrected chi connectivity index (χ1v) is 10.8. The quantitative estimate of drug-likeness (QED) is 0.504. The number of carbonyl (C=O) groups excluding carboxylic acids is 1. The van der Waals surface area contributed by atoms with Gasteiger partial charge in [0, 0.05) is 18.1 Å². The number of hydrogen-bond donors (Lipinski definition) is 0. The number of piperidine rings is 1. The molecule has 2 aromatic carbocycles. The van der Waals surface area contributed by atoms with Crippen molar-refractivity contribution in [1.82, 2.24) is 4.31 Å². The molecule has 9 heteroatoms. The minimum atomic E-state index is -3.83. The summed E-state index contributed by atoms with van der Waals surface area (Å²) in [6.07, 6.45) is 0.710. The standard InChI is InChI=1S/C18H16Cl3NO4S/c19-13-4-6-14(7-5-13)26-18(23)12-8-10-22(11-9-12)27(24,25)17-15(20)2-1-3-16(17)21/h1-7,12H,8-11H2. The average Bonchev–Trinajstić information content (AvgIpc) is 2.63. The van der Waals surface area contributed by atoms with Gasteiger partial charge >= 0.3 is 5.97 Å². The highest BCUT2D eigenvalue weighted by Crippen LogP contribution is 2.33. The van der Waals surface area contributed by atoms with Crippen LogP contribution in [0.4, 0.5) is 0 Å². The lowest BCUT2D eigenvalue weighted by molar-refractivity contribution is -0.140. The molecule has 27 heavy (non-hydrogen) atoms. The molecule has 1 aliphatic heterocycles. The molecule has 0 aromatic heterocycles. The Hall–Kier alpha value is -1.31. The lowest BCUT2D eigenvalue weighted by atomic mass is 9.98. The molecule has 0 spiro atoms. The fourth-order valence-electron chi connectivity index (χ4n) is 2.89. The molecule has 0 unspecified atom stereocenters. The Morgan fingerprint density at radius 3 is 2.07 bits per heavy atom. The second-order valence-electron chi connectivity index (χ2n) is 6.10. The van der Waals surface area contributed by atoms with Gasteiger partial charge < -0.3 is 4.74 Å². The van der Waals surface area contributed by atoms with E-state index in [1.807, 2.05) is 0 Å². The molecule has 1 fully saturated rings. The van der Waals surface area contributed by atoms with Crippen LogP contribution in [-0.2, 0) is 14.8 Å². The van der Waals surface area contributed by atoms with Gasteiger partial charge in [-0.1, -0.05) is 40.9 Å². The normalized spacial score (nSPS) is 16.3. The van der Waals surface area contributed by atoms with E-state index in [-0.39, 0.29) is 39.9 Å². The Morgan fingerprint density at radius 2 is 1.52 bits per heavy atom. The van der Waals surface area contributed by atoms with Crippen LogP contribution in [0.2, 0.25) is 15.1 Å². The largest absolute Gasteiger partial charge is 0.426 e. The van der Waals surface area contributed by atoms with Gasteiger partial charge in [-0.05, 0) is 49.2 Å². The van der Waals surface area contributed by atoms with Crippen molar-refractivity contribution in [2.24, 2.45) is 5.92 Å². The maximum absolute atomic E-state index is 12.9. The van der Waals surface area contributed by atoms with E-state index in [1.165, 1.54) is 16.4 Å². The van der Waals surface area contributed by atoms with Gasteiger partial charge in [0.15, 0.2) is 0 Å². The fraction of sp³-hybridized carbons (Fsp3) is 0.278. The van der Waals surface area contributed by atoms with E-state index < -0.39 is 10.0 Å². The highest BCUT2D eigenvalue weighted by Gasteiger charge is 2.35. The highest BCUT2D eigenvalue weighted by molar-refractivity contribution is 7.89. The molecular weight excluding hydrogens is 433 g/mol. The summed E-state index contributed by atoms with van der Waals surface area (Å²) in [6.45, 7) is 0.370. The molecule has 2 aromatic rings. The number of hydrogen-bond acceptors (Lipinski definition) is 4. The zero-order chi connectivity index (χ0) is 19.6. The number of esters is 1. The maximum Gasteiger partial charge on any atom is 0.314 e. The third kappa shape index (κ3) is 4.58. The molecule has 0 saturated carbocycles. The van der Waals surface area contributed by atoms with Crippen LogP contribution < -0.4 is 4.74 Å². The first-order chi connectivity index (χ1) is 12.8. The van der Waals surface area contributed by atoms with Gasteiger partial charge in [-0.25, -0.2) is 8.42 Å². The molecule has 1 aliphatic rings. The van der Waals surface area contributed by atoms with E-state index in [2.05, 4.69) is 0 Å². The van der Waals surface area contributed by atoms with Crippen molar-refractivity contribution in [3.8, 4) is 5.75 Å². The van der Waals surface area contributed by atoms with Crippen LogP contribution in [0.15, 0.2) is 47.4 Å². The molecule has 0 bridgehead atoms. The van der Waals surface area contributed by atoms with Gasteiger partial charge in [0.25, 0.3) is 0 Å². The van der Waals surface area contributed by atoms with Crippen molar-refractivity contribution in [2.75, 3.05) is 13.1 Å². The summed E-state index contributed by atoms with van der Waals surface area (Å²) in [5.74, 6) is -0.360. The summed E-state index contributed by atoms with van der Waals surface area (Å²) in [4.78, 5) is 12.2. The summed E-state index contributed by atoms with van der Waals surface area (Å²) in [5.41, 5.74) is 0. The van der Waals surface area contributed by atoms with E-state index >= 15 is 0 Å². The predicted octanol–water partition coefficient (Wildman–Crippen LogP) is 4.65. The molecule has 1 saturated heterocycles. The molecule has 1 heterocycles. The maximum atomic E-state index is 12.9. The topological polar surface area (TPSA) is 63.7 Å². The van der Waals surface area contributed by atoms with Gasteiger partial charge in [-0.15, -0.1) is 0 Å². The van der Waals surface area contributed by atoms with Crippen LogP contribution in [0.5, 0.6) is 5.75 Å². The van der Waals surface area contributed by atoms with E-state index in [9.17, 15) is 13.2 Å². The first kappa shape index (κ1) is 20.4. The van der Waals surface area contributed by atoms with Crippen LogP contribution in [0.3, 0.4) is 0 Å². The molecule has 0 radical (unpaired) electrons. The zero-order valence-corrected chi connectivity index (χ0v) is 17.2. The Kier molecular flexibility index (Phi) is 6.33. The van der Waals surface area contributed by atoms with Crippen molar-refractivity contribution < 1.29 is 17.9 Å². The number of benzene rings is 2. The molecule has 144 valence electrons. The average molecular weight is 449 g/mol. The molecular formula is C18H16Cl3NO4S. The summed E-state index contributed by atoms with van der Waals surface area (Å²) in [6, 6.07) is 11.0. The third-order valence-electron chi connectivity index (χ3n) is 4.34. The van der Waals surface area contributed by atoms with Crippen molar-refractivity contribution in [3.05, 3.63) is 57.5 Å².